The maximum absolute atomic E-state index is 13.4. The van der Waals surface area contributed by atoms with E-state index in [0.29, 0.717) is 10.0 Å². The molecule has 1 aromatic carbocycles. The van der Waals surface area contributed by atoms with Crippen LogP contribution in [0.2, 0.25) is 0 Å². The van der Waals surface area contributed by atoms with Crippen LogP contribution in [0.5, 0.6) is 5.75 Å². The molecule has 1 aromatic rings. The summed E-state index contributed by atoms with van der Waals surface area (Å²) < 4.78 is 19.0. The number of fused-ring (bicyclic) bond motifs is 1. The smallest absolute Gasteiger partial charge is 0.284 e. The van der Waals surface area contributed by atoms with Gasteiger partial charge in [-0.15, -0.1) is 0 Å². The summed E-state index contributed by atoms with van der Waals surface area (Å²) in [5.74, 6) is -0.562. The molecule has 0 unspecified atom stereocenters. The molecule has 0 atom stereocenters. The van der Waals surface area contributed by atoms with Crippen molar-refractivity contribution in [3.8, 4) is 17.9 Å². The minimum Gasteiger partial charge on any atom is -0.455 e. The molecule has 0 saturated carbocycles. The van der Waals surface area contributed by atoms with E-state index in [1.165, 1.54) is 6.07 Å². The van der Waals surface area contributed by atoms with Gasteiger partial charge in [-0.1, -0.05) is 15.9 Å². The lowest BCUT2D eigenvalue weighted by Crippen LogP contribution is -2.29. The Labute approximate surface area is 93.8 Å². The van der Waals surface area contributed by atoms with Crippen LogP contribution in [0.1, 0.15) is 5.56 Å². The van der Waals surface area contributed by atoms with Gasteiger partial charge >= 0.3 is 0 Å². The van der Waals surface area contributed by atoms with Gasteiger partial charge in [0.05, 0.1) is 0 Å². The predicted octanol–water partition coefficient (Wildman–Crippen LogP) is 2.31. The summed E-state index contributed by atoms with van der Waals surface area (Å²) >= 11 is 3.14. The van der Waals surface area contributed by atoms with Gasteiger partial charge in [-0.2, -0.15) is 10.5 Å². The number of halogens is 2. The number of hydrogen-bond donors (Lipinski definition) is 0. The molecule has 1 aliphatic heterocycles. The molecule has 0 radical (unpaired) electrons. The van der Waals surface area contributed by atoms with Crippen LogP contribution in [-0.2, 0) is 6.42 Å². The maximum Gasteiger partial charge on any atom is 0.284 e. The Morgan fingerprint density at radius 1 is 1.40 bits per heavy atom. The van der Waals surface area contributed by atoms with Gasteiger partial charge in [-0.05, 0) is 12.1 Å². The second kappa shape index (κ2) is 3.22. The lowest BCUT2D eigenvalue weighted by molar-refractivity contribution is 0.210. The van der Waals surface area contributed by atoms with Crippen molar-refractivity contribution < 1.29 is 9.13 Å². The van der Waals surface area contributed by atoms with Gasteiger partial charge in [0.15, 0.2) is 11.6 Å². The first kappa shape index (κ1) is 9.95. The number of nitrogens with zero attached hydrogens (tertiary/aromatic N) is 2. The summed E-state index contributed by atoms with van der Waals surface area (Å²) in [5.41, 5.74) is -1.05. The fourth-order valence-electron chi connectivity index (χ4n) is 1.49. The molecule has 1 heterocycles. The van der Waals surface area contributed by atoms with E-state index in [2.05, 4.69) is 15.9 Å². The van der Waals surface area contributed by atoms with Crippen LogP contribution >= 0.6 is 15.9 Å². The van der Waals surface area contributed by atoms with E-state index in [-0.39, 0.29) is 12.2 Å². The highest BCUT2D eigenvalue weighted by atomic mass is 79.9. The minimum atomic E-state index is -1.58. The molecule has 3 nitrogen and oxygen atoms in total. The number of hydrogen-bond acceptors (Lipinski definition) is 3. The van der Waals surface area contributed by atoms with Crippen molar-refractivity contribution in [3.63, 3.8) is 0 Å². The van der Waals surface area contributed by atoms with Crippen molar-refractivity contribution >= 4 is 15.9 Å². The van der Waals surface area contributed by atoms with E-state index in [1.54, 1.807) is 18.2 Å². The Kier molecular flexibility index (Phi) is 2.13. The second-order valence-electron chi connectivity index (χ2n) is 3.21. The van der Waals surface area contributed by atoms with Crippen LogP contribution < -0.4 is 4.74 Å². The fraction of sp³-hybridized carbons (Fsp3) is 0.200. The van der Waals surface area contributed by atoms with E-state index in [4.69, 9.17) is 15.3 Å². The average molecular weight is 267 g/mol. The molecular formula is C10H4BrFN2O. The quantitative estimate of drug-likeness (QED) is 0.724. The predicted molar refractivity (Wildman–Crippen MR) is 52.4 cm³/mol. The third kappa shape index (κ3) is 1.45. The van der Waals surface area contributed by atoms with Gasteiger partial charge < -0.3 is 4.74 Å². The molecule has 1 aliphatic rings. The molecule has 0 fully saturated rings. The monoisotopic (exact) mass is 266 g/mol. The number of ether oxygens (including phenoxy) is 1. The van der Waals surface area contributed by atoms with Gasteiger partial charge in [0.25, 0.3) is 5.60 Å². The zero-order valence-corrected chi connectivity index (χ0v) is 9.01. The third-order valence-corrected chi connectivity index (χ3v) is 2.62. The van der Waals surface area contributed by atoms with Crippen molar-refractivity contribution in [2.45, 2.75) is 12.0 Å². The van der Waals surface area contributed by atoms with Gasteiger partial charge in [0, 0.05) is 16.5 Å². The molecule has 5 heteroatoms. The summed E-state index contributed by atoms with van der Waals surface area (Å²) in [7, 11) is 0. The third-order valence-electron chi connectivity index (χ3n) is 2.16. The van der Waals surface area contributed by atoms with Crippen molar-refractivity contribution in [1.82, 2.24) is 0 Å². The van der Waals surface area contributed by atoms with Crippen molar-refractivity contribution in [3.05, 3.63) is 28.0 Å². The summed E-state index contributed by atoms with van der Waals surface area (Å²) in [6.45, 7) is 0. The summed E-state index contributed by atoms with van der Waals surface area (Å²) in [5, 5.41) is 17.6. The molecular weight excluding hydrogens is 263 g/mol. The Morgan fingerprint density at radius 2 is 2.07 bits per heavy atom. The second-order valence-corrected chi connectivity index (χ2v) is 4.12. The van der Waals surface area contributed by atoms with Crippen LogP contribution in [0.15, 0.2) is 16.6 Å². The molecule has 0 aliphatic carbocycles. The molecule has 15 heavy (non-hydrogen) atoms. The average Bonchev–Trinajstić information content (AvgIpc) is 2.58. The van der Waals surface area contributed by atoms with E-state index < -0.39 is 11.4 Å². The number of rotatable bonds is 0. The molecule has 0 saturated heterocycles. The Hall–Kier alpha value is -1.59. The highest BCUT2D eigenvalue weighted by Crippen LogP contribution is 2.38. The molecule has 0 spiro atoms. The molecule has 0 aromatic heterocycles. The van der Waals surface area contributed by atoms with Gasteiger partial charge in [0.2, 0.25) is 0 Å². The zero-order chi connectivity index (χ0) is 11.1. The molecule has 0 N–H and O–H groups in total. The van der Waals surface area contributed by atoms with Crippen LogP contribution in [-0.4, -0.2) is 5.60 Å². The molecule has 2 rings (SSSR count). The first-order valence-electron chi connectivity index (χ1n) is 4.10. The number of nitriles is 2. The van der Waals surface area contributed by atoms with Crippen LogP contribution in [0.3, 0.4) is 0 Å². The molecule has 0 bridgehead atoms. The first-order chi connectivity index (χ1) is 7.10. The Balaban J connectivity index is 2.54. The lowest BCUT2D eigenvalue weighted by Gasteiger charge is -2.09. The number of benzene rings is 1. The van der Waals surface area contributed by atoms with Crippen molar-refractivity contribution in [2.75, 3.05) is 0 Å². The Morgan fingerprint density at radius 3 is 2.67 bits per heavy atom. The zero-order valence-electron chi connectivity index (χ0n) is 7.42. The minimum absolute atomic E-state index is 0.00120. The van der Waals surface area contributed by atoms with E-state index in [0.717, 1.165) is 0 Å². The lowest BCUT2D eigenvalue weighted by atomic mass is 10.0. The van der Waals surface area contributed by atoms with E-state index in [1.807, 2.05) is 0 Å². The summed E-state index contributed by atoms with van der Waals surface area (Å²) in [6.07, 6.45) is 0.0890. The normalized spacial score (nSPS) is 16.0. The SMILES string of the molecule is N#CC1(C#N)Cc2cc(Br)cc(F)c2O1. The standard InChI is InChI=1S/C10H4BrFN2O/c11-7-1-6-3-10(4-13,5-14)15-9(6)8(12)2-7/h1-2H,3H2. The molecule has 74 valence electrons. The maximum atomic E-state index is 13.4. The van der Waals surface area contributed by atoms with Crippen LogP contribution in [0.4, 0.5) is 4.39 Å². The fourth-order valence-corrected chi connectivity index (χ4v) is 1.96. The van der Waals surface area contributed by atoms with E-state index in [9.17, 15) is 4.39 Å². The van der Waals surface area contributed by atoms with Crippen molar-refractivity contribution in [1.29, 1.82) is 10.5 Å². The highest BCUT2D eigenvalue weighted by molar-refractivity contribution is 9.10. The van der Waals surface area contributed by atoms with Crippen molar-refractivity contribution in [2.24, 2.45) is 0 Å². The van der Waals surface area contributed by atoms with Gasteiger partial charge in [-0.25, -0.2) is 4.39 Å². The summed E-state index contributed by atoms with van der Waals surface area (Å²) in [6, 6.07) is 6.40. The highest BCUT2D eigenvalue weighted by Gasteiger charge is 2.41. The van der Waals surface area contributed by atoms with Crippen LogP contribution in [0.25, 0.3) is 0 Å². The topological polar surface area (TPSA) is 56.8 Å². The van der Waals surface area contributed by atoms with Gasteiger partial charge in [-0.3, -0.25) is 0 Å². The first-order valence-corrected chi connectivity index (χ1v) is 4.89. The largest absolute Gasteiger partial charge is 0.455 e. The van der Waals surface area contributed by atoms with E-state index >= 15 is 0 Å². The Bertz CT molecular complexity index is 501. The molecule has 0 amide bonds. The summed E-state index contributed by atoms with van der Waals surface area (Å²) in [4.78, 5) is 0. The van der Waals surface area contributed by atoms with Gasteiger partial charge in [0.1, 0.15) is 12.1 Å². The van der Waals surface area contributed by atoms with Crippen LogP contribution in [0, 0.1) is 28.5 Å².